The predicted octanol–water partition coefficient (Wildman–Crippen LogP) is 3.70. The molecular formula is C26H29N3O5. The normalized spacial score (nSPS) is 11.3. The molecule has 8 heteroatoms. The van der Waals surface area contributed by atoms with Crippen LogP contribution in [0.15, 0.2) is 41.2 Å². The number of esters is 2. The number of methoxy groups -OCH3 is 1. The van der Waals surface area contributed by atoms with Gasteiger partial charge in [-0.1, -0.05) is 18.2 Å². The minimum Gasteiger partial charge on any atom is -0.466 e. The lowest BCUT2D eigenvalue weighted by atomic mass is 10.0. The molecule has 8 nitrogen and oxygen atoms in total. The van der Waals surface area contributed by atoms with Crippen molar-refractivity contribution in [2.45, 2.75) is 40.3 Å². The number of hydrogen-bond donors (Lipinski definition) is 0. The molecule has 0 aliphatic heterocycles. The van der Waals surface area contributed by atoms with Gasteiger partial charge in [-0.05, 0) is 44.5 Å². The van der Waals surface area contributed by atoms with Crippen LogP contribution in [-0.4, -0.2) is 39.4 Å². The number of aromatic nitrogens is 3. The molecule has 0 radical (unpaired) electrons. The maximum Gasteiger partial charge on any atom is 0.338 e. The third kappa shape index (κ3) is 3.79. The summed E-state index contributed by atoms with van der Waals surface area (Å²) in [6.07, 6.45) is 0.0982. The number of nitrogens with zero attached hydrogens (tertiary/aromatic N) is 3. The Labute approximate surface area is 197 Å². The second-order valence-electron chi connectivity index (χ2n) is 8.31. The zero-order valence-electron chi connectivity index (χ0n) is 20.2. The summed E-state index contributed by atoms with van der Waals surface area (Å²) in [5.74, 6) is -0.800. The van der Waals surface area contributed by atoms with Crippen molar-refractivity contribution in [1.29, 1.82) is 0 Å². The van der Waals surface area contributed by atoms with Gasteiger partial charge in [0, 0.05) is 30.2 Å². The van der Waals surface area contributed by atoms with Crippen molar-refractivity contribution in [3.05, 3.63) is 69.3 Å². The largest absolute Gasteiger partial charge is 0.466 e. The lowest BCUT2D eigenvalue weighted by Crippen LogP contribution is -2.26. The number of benzene rings is 2. The van der Waals surface area contributed by atoms with E-state index in [-0.39, 0.29) is 31.2 Å². The highest BCUT2D eigenvalue weighted by Crippen LogP contribution is 2.31. The summed E-state index contributed by atoms with van der Waals surface area (Å²) in [6.45, 7) is 6.52. The molecule has 0 atom stereocenters. The molecule has 0 spiro atoms. The van der Waals surface area contributed by atoms with Crippen LogP contribution in [0.4, 0.5) is 0 Å². The molecular weight excluding hydrogens is 434 g/mol. The van der Waals surface area contributed by atoms with Crippen LogP contribution >= 0.6 is 0 Å². The smallest absolute Gasteiger partial charge is 0.338 e. The second kappa shape index (κ2) is 9.21. The Bertz CT molecular complexity index is 1470. The number of carbonyl (C=O) groups is 2. The molecule has 4 rings (SSSR count). The Morgan fingerprint density at radius 2 is 1.68 bits per heavy atom. The summed E-state index contributed by atoms with van der Waals surface area (Å²) in [5.41, 5.74) is 5.45. The van der Waals surface area contributed by atoms with Crippen molar-refractivity contribution in [2.75, 3.05) is 13.7 Å². The zero-order valence-corrected chi connectivity index (χ0v) is 20.2. The van der Waals surface area contributed by atoms with Crippen LogP contribution in [0.1, 0.15) is 40.5 Å². The molecule has 0 unspecified atom stereocenters. The highest BCUT2D eigenvalue weighted by molar-refractivity contribution is 5.99. The fourth-order valence-electron chi connectivity index (χ4n) is 4.63. The first-order valence-corrected chi connectivity index (χ1v) is 11.3. The number of carbonyl (C=O) groups excluding carboxylic acids is 2. The molecule has 0 saturated carbocycles. The van der Waals surface area contributed by atoms with Gasteiger partial charge in [-0.15, -0.1) is 0 Å². The van der Waals surface area contributed by atoms with E-state index in [2.05, 4.69) is 4.57 Å². The lowest BCUT2D eigenvalue weighted by Gasteiger charge is -2.13. The van der Waals surface area contributed by atoms with E-state index in [0.717, 1.165) is 38.8 Å². The number of rotatable bonds is 7. The van der Waals surface area contributed by atoms with Crippen molar-refractivity contribution >= 4 is 33.9 Å². The van der Waals surface area contributed by atoms with Gasteiger partial charge in [0.25, 0.3) is 0 Å². The van der Waals surface area contributed by atoms with Crippen molar-refractivity contribution in [1.82, 2.24) is 13.7 Å². The Morgan fingerprint density at radius 3 is 2.32 bits per heavy atom. The van der Waals surface area contributed by atoms with Crippen LogP contribution in [0, 0.1) is 13.8 Å². The SMILES string of the molecule is CCOC(=O)CCn1c(=O)n(Cc2c(C(=O)OC)ccc3c(C)c(C)n(C)c23)c2ccccc21. The molecule has 0 aliphatic carbocycles. The number of fused-ring (bicyclic) bond motifs is 2. The molecule has 2 aromatic carbocycles. The molecule has 34 heavy (non-hydrogen) atoms. The van der Waals surface area contributed by atoms with Gasteiger partial charge in [0.2, 0.25) is 0 Å². The van der Waals surface area contributed by atoms with Crippen LogP contribution in [0.2, 0.25) is 0 Å². The first-order chi connectivity index (χ1) is 16.3. The summed E-state index contributed by atoms with van der Waals surface area (Å²) in [4.78, 5) is 38.2. The monoisotopic (exact) mass is 463 g/mol. The average molecular weight is 464 g/mol. The molecule has 2 aromatic heterocycles. The van der Waals surface area contributed by atoms with Gasteiger partial charge in [-0.3, -0.25) is 13.9 Å². The van der Waals surface area contributed by atoms with E-state index in [1.54, 1.807) is 22.1 Å². The molecule has 0 N–H and O–H groups in total. The first-order valence-electron chi connectivity index (χ1n) is 11.3. The van der Waals surface area contributed by atoms with Gasteiger partial charge in [0.1, 0.15) is 0 Å². The molecule has 0 amide bonds. The minimum absolute atomic E-state index is 0.0982. The van der Waals surface area contributed by atoms with Crippen molar-refractivity contribution < 1.29 is 19.1 Å². The highest BCUT2D eigenvalue weighted by atomic mass is 16.5. The van der Waals surface area contributed by atoms with Gasteiger partial charge in [0.15, 0.2) is 0 Å². The lowest BCUT2D eigenvalue weighted by molar-refractivity contribution is -0.143. The van der Waals surface area contributed by atoms with Crippen LogP contribution in [-0.2, 0) is 34.4 Å². The van der Waals surface area contributed by atoms with Crippen molar-refractivity contribution in [3.63, 3.8) is 0 Å². The maximum atomic E-state index is 13.6. The summed E-state index contributed by atoms with van der Waals surface area (Å²) in [5, 5.41) is 1.03. The Kier molecular flexibility index (Phi) is 6.32. The van der Waals surface area contributed by atoms with Gasteiger partial charge < -0.3 is 14.0 Å². The number of imidazole rings is 1. The van der Waals surface area contributed by atoms with Gasteiger partial charge in [-0.25, -0.2) is 9.59 Å². The van der Waals surface area contributed by atoms with Gasteiger partial charge in [0.05, 0.1) is 48.8 Å². The molecule has 0 bridgehead atoms. The van der Waals surface area contributed by atoms with E-state index >= 15 is 0 Å². The number of aryl methyl sites for hydroxylation is 3. The number of hydrogen-bond acceptors (Lipinski definition) is 5. The average Bonchev–Trinajstić information content (AvgIpc) is 3.23. The molecule has 0 aliphatic rings. The predicted molar refractivity (Wildman–Crippen MR) is 130 cm³/mol. The molecule has 2 heterocycles. The molecule has 4 aromatic rings. The summed E-state index contributed by atoms with van der Waals surface area (Å²) >= 11 is 0. The molecule has 0 fully saturated rings. The summed E-state index contributed by atoms with van der Waals surface area (Å²) in [6, 6.07) is 11.2. The quantitative estimate of drug-likeness (QED) is 0.390. The third-order valence-corrected chi connectivity index (χ3v) is 6.56. The van der Waals surface area contributed by atoms with E-state index in [1.807, 2.05) is 51.2 Å². The van der Waals surface area contributed by atoms with E-state index < -0.39 is 5.97 Å². The van der Waals surface area contributed by atoms with E-state index in [4.69, 9.17) is 9.47 Å². The Hall–Kier alpha value is -3.81. The van der Waals surface area contributed by atoms with Crippen LogP contribution in [0.5, 0.6) is 0 Å². The van der Waals surface area contributed by atoms with Crippen LogP contribution in [0.3, 0.4) is 0 Å². The van der Waals surface area contributed by atoms with E-state index in [0.29, 0.717) is 12.2 Å². The summed E-state index contributed by atoms with van der Waals surface area (Å²) in [7, 11) is 3.31. The summed E-state index contributed by atoms with van der Waals surface area (Å²) < 4.78 is 15.4. The topological polar surface area (TPSA) is 84.5 Å². The standard InChI is InChI=1S/C26H29N3O5/c1-6-34-23(30)13-14-28-21-9-7-8-10-22(21)29(26(28)32)15-20-19(25(31)33-5)12-11-18-16(2)17(3)27(4)24(18)20/h7-12H,6,13-15H2,1-5H3. The van der Waals surface area contributed by atoms with Crippen LogP contribution in [0.25, 0.3) is 21.9 Å². The molecule has 0 saturated heterocycles. The van der Waals surface area contributed by atoms with Crippen LogP contribution < -0.4 is 5.69 Å². The van der Waals surface area contributed by atoms with Crippen molar-refractivity contribution in [2.24, 2.45) is 7.05 Å². The fraction of sp³-hybridized carbons (Fsp3) is 0.346. The second-order valence-corrected chi connectivity index (χ2v) is 8.31. The Morgan fingerprint density at radius 1 is 1.00 bits per heavy atom. The van der Waals surface area contributed by atoms with E-state index in [9.17, 15) is 14.4 Å². The zero-order chi connectivity index (χ0) is 24.6. The third-order valence-electron chi connectivity index (χ3n) is 6.56. The number of para-hydroxylation sites is 2. The first kappa shape index (κ1) is 23.4. The maximum absolute atomic E-state index is 13.6. The van der Waals surface area contributed by atoms with Gasteiger partial charge in [-0.2, -0.15) is 0 Å². The van der Waals surface area contributed by atoms with Gasteiger partial charge >= 0.3 is 17.6 Å². The van der Waals surface area contributed by atoms with Crippen molar-refractivity contribution in [3.8, 4) is 0 Å². The molecule has 178 valence electrons. The van der Waals surface area contributed by atoms with E-state index in [1.165, 1.54) is 7.11 Å². The Balaban J connectivity index is 1.91. The minimum atomic E-state index is -0.451. The number of ether oxygens (including phenoxy) is 2. The highest BCUT2D eigenvalue weighted by Gasteiger charge is 2.22. The fourth-order valence-corrected chi connectivity index (χ4v) is 4.63.